The molecular formula is C63H40N4O. The van der Waals surface area contributed by atoms with Crippen LogP contribution in [0, 0.1) is 0 Å². The highest BCUT2D eigenvalue weighted by Crippen LogP contribution is 2.43. The van der Waals surface area contributed by atoms with Crippen LogP contribution in [-0.2, 0) is 0 Å². The fourth-order valence-corrected chi connectivity index (χ4v) is 9.73. The van der Waals surface area contributed by atoms with Crippen molar-refractivity contribution in [2.45, 2.75) is 0 Å². The summed E-state index contributed by atoms with van der Waals surface area (Å²) in [6.45, 7) is 0. The maximum absolute atomic E-state index is 6.98. The monoisotopic (exact) mass is 868 g/mol. The van der Waals surface area contributed by atoms with Crippen molar-refractivity contribution in [3.8, 4) is 84.4 Å². The van der Waals surface area contributed by atoms with Crippen LogP contribution in [0.3, 0.4) is 0 Å². The smallest absolute Gasteiger partial charge is 0.167 e. The van der Waals surface area contributed by atoms with E-state index in [1.807, 2.05) is 12.1 Å². The van der Waals surface area contributed by atoms with Gasteiger partial charge in [0.1, 0.15) is 11.2 Å². The molecule has 10 aromatic carbocycles. The molecule has 0 unspecified atom stereocenters. The largest absolute Gasteiger partial charge is 0.455 e. The van der Waals surface area contributed by atoms with E-state index in [1.54, 1.807) is 0 Å². The first-order valence-corrected chi connectivity index (χ1v) is 22.9. The van der Waals surface area contributed by atoms with Crippen molar-refractivity contribution in [2.24, 2.45) is 0 Å². The third-order valence-electron chi connectivity index (χ3n) is 13.1. The molecule has 3 heterocycles. The third kappa shape index (κ3) is 6.84. The predicted octanol–water partition coefficient (Wildman–Crippen LogP) is 16.5. The Hall–Kier alpha value is -9.19. The van der Waals surface area contributed by atoms with Gasteiger partial charge in [-0.15, -0.1) is 0 Å². The summed E-state index contributed by atoms with van der Waals surface area (Å²) in [5.41, 5.74) is 16.6. The average Bonchev–Trinajstić information content (AvgIpc) is 3.98. The molecule has 0 amide bonds. The number of nitrogens with zero attached hydrogens (tertiary/aromatic N) is 4. The van der Waals surface area contributed by atoms with Crippen LogP contribution in [0.4, 0.5) is 0 Å². The van der Waals surface area contributed by atoms with Crippen LogP contribution in [0.25, 0.3) is 128 Å². The number of furan rings is 1. The molecule has 0 aliphatic heterocycles. The molecule has 68 heavy (non-hydrogen) atoms. The van der Waals surface area contributed by atoms with Crippen molar-refractivity contribution in [2.75, 3.05) is 0 Å². The molecule has 0 N–H and O–H groups in total. The number of hydrogen-bond acceptors (Lipinski definition) is 4. The Labute approximate surface area is 392 Å². The number of fused-ring (bicyclic) bond motifs is 7. The summed E-state index contributed by atoms with van der Waals surface area (Å²) in [5.74, 6) is 1.71. The number of para-hydroxylation sites is 2. The summed E-state index contributed by atoms with van der Waals surface area (Å²) in [4.78, 5) is 15.6. The van der Waals surface area contributed by atoms with Crippen LogP contribution in [-0.4, -0.2) is 19.5 Å². The highest BCUT2D eigenvalue weighted by Gasteiger charge is 2.23. The molecule has 0 aliphatic carbocycles. The van der Waals surface area contributed by atoms with E-state index in [4.69, 9.17) is 19.4 Å². The first kappa shape index (κ1) is 39.2. The molecule has 318 valence electrons. The van der Waals surface area contributed by atoms with E-state index in [0.29, 0.717) is 17.5 Å². The number of aromatic nitrogens is 4. The van der Waals surface area contributed by atoms with Gasteiger partial charge >= 0.3 is 0 Å². The van der Waals surface area contributed by atoms with E-state index in [1.165, 1.54) is 16.5 Å². The summed E-state index contributed by atoms with van der Waals surface area (Å²) in [5, 5.41) is 4.36. The highest BCUT2D eigenvalue weighted by atomic mass is 16.3. The molecule has 3 aromatic heterocycles. The predicted molar refractivity (Wildman–Crippen MR) is 279 cm³/mol. The molecule has 13 aromatic rings. The topological polar surface area (TPSA) is 56.7 Å². The first-order valence-electron chi connectivity index (χ1n) is 22.9. The Balaban J connectivity index is 0.972. The van der Waals surface area contributed by atoms with Crippen molar-refractivity contribution in [1.82, 2.24) is 19.5 Å². The van der Waals surface area contributed by atoms with Crippen molar-refractivity contribution in [1.29, 1.82) is 0 Å². The maximum Gasteiger partial charge on any atom is 0.167 e. The van der Waals surface area contributed by atoms with Gasteiger partial charge in [-0.2, -0.15) is 0 Å². The van der Waals surface area contributed by atoms with E-state index in [2.05, 4.69) is 235 Å². The quantitative estimate of drug-likeness (QED) is 0.153. The second-order valence-corrected chi connectivity index (χ2v) is 17.2. The SMILES string of the molecule is c1ccc(-c2ccc(-c3cccc(-n4c5ccccc5c5ccc6oc7c(-c8nc(-c9ccc(-c%10ccccc%10)cc9)nc(-c9ccc(-c%10ccccc%10)cc9)n8)cccc7c6c54)c3)cc2)cc1. The molecule has 0 atom stereocenters. The second-order valence-electron chi connectivity index (χ2n) is 17.2. The third-order valence-corrected chi connectivity index (χ3v) is 13.1. The van der Waals surface area contributed by atoms with Gasteiger partial charge in [-0.05, 0) is 80.9 Å². The Kier molecular flexibility index (Phi) is 9.43. The minimum Gasteiger partial charge on any atom is -0.455 e. The molecule has 13 rings (SSSR count). The van der Waals surface area contributed by atoms with E-state index < -0.39 is 0 Å². The van der Waals surface area contributed by atoms with Gasteiger partial charge in [0.25, 0.3) is 0 Å². The van der Waals surface area contributed by atoms with Crippen LogP contribution in [0.5, 0.6) is 0 Å². The zero-order valence-corrected chi connectivity index (χ0v) is 36.8. The Morgan fingerprint density at radius 3 is 1.32 bits per heavy atom. The van der Waals surface area contributed by atoms with Crippen molar-refractivity contribution >= 4 is 43.7 Å². The first-order chi connectivity index (χ1) is 33.7. The highest BCUT2D eigenvalue weighted by molar-refractivity contribution is 6.25. The zero-order valence-electron chi connectivity index (χ0n) is 36.8. The molecule has 0 radical (unpaired) electrons. The van der Waals surface area contributed by atoms with Gasteiger partial charge in [0.05, 0.1) is 22.0 Å². The lowest BCUT2D eigenvalue weighted by Gasteiger charge is -2.12. The Bertz CT molecular complexity index is 3870. The van der Waals surface area contributed by atoms with Crippen LogP contribution in [0.1, 0.15) is 0 Å². The Morgan fingerprint density at radius 2 is 0.750 bits per heavy atom. The Morgan fingerprint density at radius 1 is 0.309 bits per heavy atom. The van der Waals surface area contributed by atoms with Crippen molar-refractivity contribution in [3.05, 3.63) is 243 Å². The standard InChI is InChI=1S/C63H40N4O/c1-4-14-41(15-5-1)44-26-28-47(29-27-44)50-20-12-21-51(40-50)67-56-25-11-10-22-52(56)53-38-39-57-58(59(53)67)54-23-13-24-55(60(54)68-57)63-65-61(48-34-30-45(31-35-48)42-16-6-2-7-17-42)64-62(66-63)49-36-32-46(33-37-49)43-18-8-3-9-19-43/h1-40H. The molecule has 0 spiro atoms. The van der Waals surface area contributed by atoms with Crippen LogP contribution in [0.15, 0.2) is 247 Å². The van der Waals surface area contributed by atoms with Gasteiger partial charge < -0.3 is 8.98 Å². The molecule has 5 heteroatoms. The van der Waals surface area contributed by atoms with E-state index in [9.17, 15) is 0 Å². The zero-order chi connectivity index (χ0) is 45.0. The van der Waals surface area contributed by atoms with Crippen LogP contribution < -0.4 is 0 Å². The van der Waals surface area contributed by atoms with Crippen molar-refractivity contribution < 1.29 is 4.42 Å². The van der Waals surface area contributed by atoms with Gasteiger partial charge in [-0.1, -0.05) is 206 Å². The average molecular weight is 869 g/mol. The summed E-state index contributed by atoms with van der Waals surface area (Å²) in [6, 6.07) is 85.2. The fourth-order valence-electron chi connectivity index (χ4n) is 9.73. The molecule has 0 saturated carbocycles. The summed E-state index contributed by atoms with van der Waals surface area (Å²) < 4.78 is 9.38. The molecule has 5 nitrogen and oxygen atoms in total. The van der Waals surface area contributed by atoms with E-state index >= 15 is 0 Å². The lowest BCUT2D eigenvalue weighted by atomic mass is 10.00. The molecule has 0 saturated heterocycles. The fraction of sp³-hybridized carbons (Fsp3) is 0. The minimum atomic E-state index is 0.539. The van der Waals surface area contributed by atoms with Gasteiger partial charge in [0.2, 0.25) is 0 Å². The maximum atomic E-state index is 6.98. The lowest BCUT2D eigenvalue weighted by molar-refractivity contribution is 0.669. The molecule has 0 bridgehead atoms. The summed E-state index contributed by atoms with van der Waals surface area (Å²) in [7, 11) is 0. The van der Waals surface area contributed by atoms with Crippen LogP contribution >= 0.6 is 0 Å². The van der Waals surface area contributed by atoms with Crippen LogP contribution in [0.2, 0.25) is 0 Å². The second kappa shape index (κ2) is 16.4. The molecule has 0 aliphatic rings. The summed E-state index contributed by atoms with van der Waals surface area (Å²) >= 11 is 0. The number of hydrogen-bond donors (Lipinski definition) is 0. The minimum absolute atomic E-state index is 0.539. The number of rotatable bonds is 8. The van der Waals surface area contributed by atoms with Gasteiger partial charge in [0.15, 0.2) is 17.5 Å². The van der Waals surface area contributed by atoms with Crippen molar-refractivity contribution in [3.63, 3.8) is 0 Å². The lowest BCUT2D eigenvalue weighted by Crippen LogP contribution is -2.00. The van der Waals surface area contributed by atoms with E-state index in [0.717, 1.165) is 94.1 Å². The van der Waals surface area contributed by atoms with Gasteiger partial charge in [-0.25, -0.2) is 15.0 Å². The molecule has 0 fully saturated rings. The number of benzene rings is 10. The molecular weight excluding hydrogens is 829 g/mol. The summed E-state index contributed by atoms with van der Waals surface area (Å²) in [6.07, 6.45) is 0. The van der Waals surface area contributed by atoms with E-state index in [-0.39, 0.29) is 0 Å². The van der Waals surface area contributed by atoms with Gasteiger partial charge in [-0.3, -0.25) is 0 Å². The normalized spacial score (nSPS) is 11.5. The van der Waals surface area contributed by atoms with Gasteiger partial charge in [0, 0.05) is 33.0 Å².